The Balaban J connectivity index is 1.30. The molecule has 3 heterocycles. The highest BCUT2D eigenvalue weighted by atomic mass is 16.2. The summed E-state index contributed by atoms with van der Waals surface area (Å²) in [4.78, 5) is 29.1. The summed E-state index contributed by atoms with van der Waals surface area (Å²) in [5.41, 5.74) is 1.61. The van der Waals surface area contributed by atoms with E-state index in [4.69, 9.17) is 0 Å². The molecule has 0 spiro atoms. The number of hydrogen-bond donors (Lipinski definition) is 0. The maximum atomic E-state index is 12.6. The molecule has 0 radical (unpaired) electrons. The largest absolute Gasteiger partial charge is 0.350 e. The van der Waals surface area contributed by atoms with Crippen LogP contribution in [-0.4, -0.2) is 62.6 Å². The number of nitrogens with zero attached hydrogens (tertiary/aromatic N) is 5. The molecule has 1 saturated heterocycles. The van der Waals surface area contributed by atoms with Crippen LogP contribution in [0, 0.1) is 0 Å². The molecule has 0 bridgehead atoms. The van der Waals surface area contributed by atoms with Crippen LogP contribution in [0.4, 0.5) is 0 Å². The van der Waals surface area contributed by atoms with Crippen molar-refractivity contribution in [1.82, 2.24) is 24.0 Å². The van der Waals surface area contributed by atoms with Crippen LogP contribution in [-0.2, 0) is 17.8 Å². The zero-order valence-electron chi connectivity index (χ0n) is 15.2. The predicted molar refractivity (Wildman–Crippen MR) is 103 cm³/mol. The second-order valence-corrected chi connectivity index (χ2v) is 6.83. The van der Waals surface area contributed by atoms with Crippen molar-refractivity contribution in [3.8, 4) is 0 Å². The smallest absolute Gasteiger partial charge is 0.339 e. The van der Waals surface area contributed by atoms with Crippen LogP contribution in [0.1, 0.15) is 5.56 Å². The molecule has 0 saturated carbocycles. The first-order valence-electron chi connectivity index (χ1n) is 9.29. The Morgan fingerprint density at radius 3 is 2.44 bits per heavy atom. The molecule has 1 aliphatic rings. The summed E-state index contributed by atoms with van der Waals surface area (Å²) in [6, 6.07) is 15.8. The van der Waals surface area contributed by atoms with Crippen LogP contribution in [0.3, 0.4) is 0 Å². The van der Waals surface area contributed by atoms with Gasteiger partial charge in [-0.25, -0.2) is 9.48 Å². The molecule has 27 heavy (non-hydrogen) atoms. The Kier molecular flexibility index (Phi) is 5.02. The minimum absolute atomic E-state index is 0.00940. The van der Waals surface area contributed by atoms with Gasteiger partial charge in [-0.3, -0.25) is 14.1 Å². The van der Waals surface area contributed by atoms with E-state index in [0.717, 1.165) is 26.1 Å². The SMILES string of the molecule is O=C(Cn1nc2ccccn2c1=O)N1CCN(CCc2ccccc2)CC1. The average molecular weight is 365 g/mol. The van der Waals surface area contributed by atoms with Gasteiger partial charge in [0.1, 0.15) is 6.54 Å². The van der Waals surface area contributed by atoms with Gasteiger partial charge in [0.25, 0.3) is 0 Å². The molecule has 7 heteroatoms. The van der Waals surface area contributed by atoms with E-state index in [-0.39, 0.29) is 18.1 Å². The number of benzene rings is 1. The van der Waals surface area contributed by atoms with Gasteiger partial charge >= 0.3 is 5.69 Å². The second-order valence-electron chi connectivity index (χ2n) is 6.83. The van der Waals surface area contributed by atoms with Crippen molar-refractivity contribution in [1.29, 1.82) is 0 Å². The lowest BCUT2D eigenvalue weighted by Crippen LogP contribution is -2.50. The summed E-state index contributed by atoms with van der Waals surface area (Å²) >= 11 is 0. The van der Waals surface area contributed by atoms with Gasteiger partial charge in [0.05, 0.1) is 0 Å². The van der Waals surface area contributed by atoms with E-state index in [2.05, 4.69) is 34.3 Å². The van der Waals surface area contributed by atoms with Gasteiger partial charge in [-0.15, -0.1) is 5.10 Å². The Hall–Kier alpha value is -2.93. The van der Waals surface area contributed by atoms with Crippen molar-refractivity contribution in [2.75, 3.05) is 32.7 Å². The van der Waals surface area contributed by atoms with Gasteiger partial charge in [0.2, 0.25) is 5.91 Å². The number of rotatable bonds is 5. The van der Waals surface area contributed by atoms with Crippen molar-refractivity contribution in [3.05, 3.63) is 70.8 Å². The van der Waals surface area contributed by atoms with Crippen LogP contribution < -0.4 is 5.69 Å². The van der Waals surface area contributed by atoms with Crippen molar-refractivity contribution in [3.63, 3.8) is 0 Å². The van der Waals surface area contributed by atoms with Crippen molar-refractivity contribution >= 4 is 11.6 Å². The third kappa shape index (κ3) is 3.93. The fourth-order valence-corrected chi connectivity index (χ4v) is 3.45. The summed E-state index contributed by atoms with van der Waals surface area (Å²) in [6.45, 7) is 4.09. The fraction of sp³-hybridized carbons (Fsp3) is 0.350. The van der Waals surface area contributed by atoms with Gasteiger partial charge in [-0.05, 0) is 24.1 Å². The van der Waals surface area contributed by atoms with Crippen LogP contribution in [0.5, 0.6) is 0 Å². The summed E-state index contributed by atoms with van der Waals surface area (Å²) in [5.74, 6) is -0.0526. The fourth-order valence-electron chi connectivity index (χ4n) is 3.45. The van der Waals surface area contributed by atoms with E-state index >= 15 is 0 Å². The van der Waals surface area contributed by atoms with Crippen LogP contribution in [0.25, 0.3) is 5.65 Å². The van der Waals surface area contributed by atoms with Crippen molar-refractivity contribution in [2.24, 2.45) is 0 Å². The van der Waals surface area contributed by atoms with Crippen LogP contribution >= 0.6 is 0 Å². The van der Waals surface area contributed by atoms with E-state index in [1.165, 1.54) is 14.6 Å². The number of amides is 1. The van der Waals surface area contributed by atoms with Gasteiger partial charge in [-0.2, -0.15) is 0 Å². The maximum absolute atomic E-state index is 12.6. The molecule has 0 atom stereocenters. The molecule has 2 aromatic heterocycles. The monoisotopic (exact) mass is 365 g/mol. The van der Waals surface area contributed by atoms with Crippen LogP contribution in [0.2, 0.25) is 0 Å². The number of piperazine rings is 1. The van der Waals surface area contributed by atoms with E-state index < -0.39 is 0 Å². The molecular formula is C20H23N5O2. The maximum Gasteiger partial charge on any atom is 0.350 e. The topological polar surface area (TPSA) is 62.9 Å². The lowest BCUT2D eigenvalue weighted by molar-refractivity contribution is -0.133. The lowest BCUT2D eigenvalue weighted by Gasteiger charge is -2.34. The highest BCUT2D eigenvalue weighted by Gasteiger charge is 2.22. The van der Waals surface area contributed by atoms with Crippen molar-refractivity contribution in [2.45, 2.75) is 13.0 Å². The Morgan fingerprint density at radius 2 is 1.70 bits per heavy atom. The molecule has 1 aromatic carbocycles. The summed E-state index contributed by atoms with van der Waals surface area (Å²) < 4.78 is 2.70. The molecule has 0 unspecified atom stereocenters. The number of pyridine rings is 1. The molecule has 1 fully saturated rings. The minimum Gasteiger partial charge on any atom is -0.339 e. The second kappa shape index (κ2) is 7.75. The lowest BCUT2D eigenvalue weighted by atomic mass is 10.1. The number of fused-ring (bicyclic) bond motifs is 1. The highest BCUT2D eigenvalue weighted by Crippen LogP contribution is 2.06. The number of aromatic nitrogens is 3. The third-order valence-electron chi connectivity index (χ3n) is 5.06. The van der Waals surface area contributed by atoms with Crippen LogP contribution in [0.15, 0.2) is 59.5 Å². The minimum atomic E-state index is -0.277. The standard InChI is InChI=1S/C20H23N5O2/c26-19(16-25-20(27)24-10-5-4-8-18(24)21-25)23-14-12-22(13-15-23)11-9-17-6-2-1-3-7-17/h1-8,10H,9,11-16H2. The summed E-state index contributed by atoms with van der Waals surface area (Å²) in [6.07, 6.45) is 2.68. The zero-order chi connectivity index (χ0) is 18.6. The molecule has 0 N–H and O–H groups in total. The molecule has 0 aliphatic carbocycles. The molecule has 3 aromatic rings. The average Bonchev–Trinajstić information content (AvgIpc) is 3.03. The molecule has 4 rings (SSSR count). The number of hydrogen-bond acceptors (Lipinski definition) is 4. The molecule has 1 amide bonds. The first-order valence-corrected chi connectivity index (χ1v) is 9.29. The molecule has 1 aliphatic heterocycles. The normalized spacial score (nSPS) is 15.3. The van der Waals surface area contributed by atoms with E-state index in [1.807, 2.05) is 17.0 Å². The Labute approximate surface area is 157 Å². The van der Waals surface area contributed by atoms with E-state index in [1.54, 1.807) is 18.3 Å². The first-order chi connectivity index (χ1) is 13.2. The van der Waals surface area contributed by atoms with Crippen molar-refractivity contribution < 1.29 is 4.79 Å². The number of carbonyl (C=O) groups excluding carboxylic acids is 1. The number of carbonyl (C=O) groups is 1. The van der Waals surface area contributed by atoms with Gasteiger partial charge in [0.15, 0.2) is 5.65 Å². The highest BCUT2D eigenvalue weighted by molar-refractivity contribution is 5.76. The van der Waals surface area contributed by atoms with Gasteiger partial charge in [-0.1, -0.05) is 36.4 Å². The Morgan fingerprint density at radius 1 is 0.963 bits per heavy atom. The third-order valence-corrected chi connectivity index (χ3v) is 5.06. The van der Waals surface area contributed by atoms with E-state index in [9.17, 15) is 9.59 Å². The van der Waals surface area contributed by atoms with E-state index in [0.29, 0.717) is 18.7 Å². The predicted octanol–water partition coefficient (Wildman–Crippen LogP) is 0.883. The first kappa shape index (κ1) is 17.5. The quantitative estimate of drug-likeness (QED) is 0.674. The summed E-state index contributed by atoms with van der Waals surface area (Å²) in [5, 5.41) is 4.23. The Bertz CT molecular complexity index is 971. The molecule has 140 valence electrons. The zero-order valence-corrected chi connectivity index (χ0v) is 15.2. The summed E-state index contributed by atoms with van der Waals surface area (Å²) in [7, 11) is 0. The van der Waals surface area contributed by atoms with Gasteiger partial charge in [0, 0.05) is 38.9 Å². The van der Waals surface area contributed by atoms with Gasteiger partial charge < -0.3 is 4.90 Å². The molecule has 7 nitrogen and oxygen atoms in total. The molecular weight excluding hydrogens is 342 g/mol.